The fourth-order valence-electron chi connectivity index (χ4n) is 3.03. The molecule has 0 heterocycles. The molecule has 3 heteroatoms. The highest BCUT2D eigenvalue weighted by atomic mass is 16.2. The number of nitrogens with one attached hydrogen (secondary N) is 1. The predicted octanol–water partition coefficient (Wildman–Crippen LogP) is 3.51. The first-order chi connectivity index (χ1) is 8.59. The van der Waals surface area contributed by atoms with Gasteiger partial charge in [-0.05, 0) is 47.9 Å². The van der Waals surface area contributed by atoms with Gasteiger partial charge in [0.15, 0.2) is 0 Å². The highest BCUT2D eigenvalue weighted by molar-refractivity contribution is 5.97. The molecule has 1 aromatic carbocycles. The van der Waals surface area contributed by atoms with E-state index in [0.717, 1.165) is 22.5 Å². The minimum atomic E-state index is 0.0633. The molecule has 104 valence electrons. The molecule has 1 amide bonds. The summed E-state index contributed by atoms with van der Waals surface area (Å²) in [6.45, 7) is 12.5. The van der Waals surface area contributed by atoms with E-state index in [2.05, 4.69) is 33.0 Å². The van der Waals surface area contributed by atoms with E-state index in [1.165, 1.54) is 0 Å². The third-order valence-electron chi connectivity index (χ3n) is 5.15. The molecule has 1 fully saturated rings. The van der Waals surface area contributed by atoms with Gasteiger partial charge in [-0.2, -0.15) is 0 Å². The van der Waals surface area contributed by atoms with Crippen molar-refractivity contribution in [2.24, 2.45) is 16.7 Å². The quantitative estimate of drug-likeness (QED) is 0.799. The number of carbonyl (C=O) groups is 1. The monoisotopic (exact) mass is 260 g/mol. The Morgan fingerprint density at radius 2 is 1.63 bits per heavy atom. The number of amides is 1. The first-order valence-corrected chi connectivity index (χ1v) is 6.76. The zero-order chi connectivity index (χ0) is 14.6. The molecule has 0 radical (unpaired) electrons. The number of nitrogen functional groups attached to an aromatic ring is 1. The minimum Gasteiger partial charge on any atom is -0.399 e. The summed E-state index contributed by atoms with van der Waals surface area (Å²) in [6.07, 6.45) is 0. The lowest BCUT2D eigenvalue weighted by Crippen LogP contribution is -2.18. The second kappa shape index (κ2) is 3.99. The molecule has 2 rings (SSSR count). The lowest BCUT2D eigenvalue weighted by atomic mass is 10.0. The summed E-state index contributed by atoms with van der Waals surface area (Å²) < 4.78 is 0. The Hall–Kier alpha value is -1.51. The van der Waals surface area contributed by atoms with Crippen LogP contribution in [-0.2, 0) is 4.79 Å². The molecule has 1 aliphatic rings. The molecule has 0 aromatic heterocycles. The van der Waals surface area contributed by atoms with Gasteiger partial charge in [-0.3, -0.25) is 4.79 Å². The van der Waals surface area contributed by atoms with Crippen LogP contribution >= 0.6 is 0 Å². The number of rotatable bonds is 2. The third-order valence-corrected chi connectivity index (χ3v) is 5.15. The second-order valence-electron chi connectivity index (χ2n) is 6.89. The molecule has 0 atom stereocenters. The summed E-state index contributed by atoms with van der Waals surface area (Å²) in [6, 6.07) is 3.86. The summed E-state index contributed by atoms with van der Waals surface area (Å²) in [4.78, 5) is 12.4. The van der Waals surface area contributed by atoms with Crippen LogP contribution in [0.2, 0.25) is 0 Å². The van der Waals surface area contributed by atoms with Crippen LogP contribution in [0.5, 0.6) is 0 Å². The lowest BCUT2D eigenvalue weighted by molar-refractivity contribution is -0.118. The van der Waals surface area contributed by atoms with Crippen LogP contribution < -0.4 is 11.1 Å². The fourth-order valence-corrected chi connectivity index (χ4v) is 3.03. The van der Waals surface area contributed by atoms with Crippen LogP contribution in [0.4, 0.5) is 11.4 Å². The largest absolute Gasteiger partial charge is 0.399 e. The van der Waals surface area contributed by atoms with Gasteiger partial charge >= 0.3 is 0 Å². The standard InChI is InChI=1S/C16H24N2O/c1-9-8-12(10(2)7-11(9)17)18-14(19)13-15(3,4)16(13,5)6/h7-8,13H,17H2,1-6H3,(H,18,19). The zero-order valence-corrected chi connectivity index (χ0v) is 12.7. The van der Waals surface area contributed by atoms with Gasteiger partial charge in [-0.1, -0.05) is 27.7 Å². The molecule has 19 heavy (non-hydrogen) atoms. The molecule has 1 aliphatic carbocycles. The van der Waals surface area contributed by atoms with Gasteiger partial charge in [0.1, 0.15) is 0 Å². The molecule has 3 N–H and O–H groups in total. The average molecular weight is 260 g/mol. The predicted molar refractivity (Wildman–Crippen MR) is 80.0 cm³/mol. The van der Waals surface area contributed by atoms with Crippen molar-refractivity contribution in [3.8, 4) is 0 Å². The number of hydrogen-bond donors (Lipinski definition) is 2. The molecule has 1 saturated carbocycles. The third kappa shape index (κ3) is 2.01. The number of benzene rings is 1. The van der Waals surface area contributed by atoms with E-state index < -0.39 is 0 Å². The number of hydrogen-bond acceptors (Lipinski definition) is 2. The van der Waals surface area contributed by atoms with Gasteiger partial charge in [-0.25, -0.2) is 0 Å². The molecule has 0 saturated heterocycles. The Bertz CT molecular complexity index is 530. The van der Waals surface area contributed by atoms with Crippen LogP contribution in [0.25, 0.3) is 0 Å². The van der Waals surface area contributed by atoms with Gasteiger partial charge in [0, 0.05) is 17.3 Å². The molecule has 0 aliphatic heterocycles. The van der Waals surface area contributed by atoms with Crippen molar-refractivity contribution in [2.75, 3.05) is 11.1 Å². The van der Waals surface area contributed by atoms with Crippen molar-refractivity contribution < 1.29 is 4.79 Å². The summed E-state index contributed by atoms with van der Waals surface area (Å²) in [7, 11) is 0. The summed E-state index contributed by atoms with van der Waals surface area (Å²) in [5.41, 5.74) is 9.63. The van der Waals surface area contributed by atoms with E-state index in [1.807, 2.05) is 26.0 Å². The first kappa shape index (κ1) is 13.9. The van der Waals surface area contributed by atoms with Gasteiger partial charge in [0.2, 0.25) is 5.91 Å². The van der Waals surface area contributed by atoms with Crippen molar-refractivity contribution in [2.45, 2.75) is 41.5 Å². The van der Waals surface area contributed by atoms with E-state index in [0.29, 0.717) is 0 Å². The maximum atomic E-state index is 12.4. The Morgan fingerprint density at radius 3 is 2.11 bits per heavy atom. The van der Waals surface area contributed by atoms with Crippen LogP contribution in [0.3, 0.4) is 0 Å². The van der Waals surface area contributed by atoms with Crippen molar-refractivity contribution in [3.63, 3.8) is 0 Å². The van der Waals surface area contributed by atoms with E-state index >= 15 is 0 Å². The number of anilines is 2. The molecular weight excluding hydrogens is 236 g/mol. The summed E-state index contributed by atoms with van der Waals surface area (Å²) in [5.74, 6) is 0.180. The zero-order valence-electron chi connectivity index (χ0n) is 12.7. The summed E-state index contributed by atoms with van der Waals surface area (Å²) in [5, 5.41) is 3.06. The van der Waals surface area contributed by atoms with E-state index in [-0.39, 0.29) is 22.7 Å². The maximum Gasteiger partial charge on any atom is 0.228 e. The molecular formula is C16H24N2O. The van der Waals surface area contributed by atoms with Crippen molar-refractivity contribution in [1.82, 2.24) is 0 Å². The molecule has 0 spiro atoms. The lowest BCUT2D eigenvalue weighted by Gasteiger charge is -2.12. The number of aryl methyl sites for hydroxylation is 2. The summed E-state index contributed by atoms with van der Waals surface area (Å²) >= 11 is 0. The number of nitrogens with two attached hydrogens (primary N) is 1. The Labute approximate surface area is 115 Å². The van der Waals surface area contributed by atoms with Crippen LogP contribution in [0, 0.1) is 30.6 Å². The Morgan fingerprint density at radius 1 is 1.11 bits per heavy atom. The van der Waals surface area contributed by atoms with Crippen molar-refractivity contribution in [3.05, 3.63) is 23.3 Å². The number of carbonyl (C=O) groups excluding carboxylic acids is 1. The molecule has 1 aromatic rings. The highest BCUT2D eigenvalue weighted by Gasteiger charge is 2.68. The normalized spacial score (nSPS) is 20.1. The van der Waals surface area contributed by atoms with Crippen LogP contribution in [0.1, 0.15) is 38.8 Å². The maximum absolute atomic E-state index is 12.4. The van der Waals surface area contributed by atoms with Gasteiger partial charge < -0.3 is 11.1 Å². The molecule has 0 unspecified atom stereocenters. The second-order valence-corrected chi connectivity index (χ2v) is 6.89. The SMILES string of the molecule is Cc1cc(NC(=O)C2C(C)(C)C2(C)C)c(C)cc1N. The van der Waals surface area contributed by atoms with Gasteiger partial charge in [0.05, 0.1) is 0 Å². The topological polar surface area (TPSA) is 55.1 Å². The van der Waals surface area contributed by atoms with Crippen molar-refractivity contribution >= 4 is 17.3 Å². The van der Waals surface area contributed by atoms with E-state index in [4.69, 9.17) is 5.73 Å². The van der Waals surface area contributed by atoms with Gasteiger partial charge in [0.25, 0.3) is 0 Å². The minimum absolute atomic E-state index is 0.0633. The average Bonchev–Trinajstić information content (AvgIpc) is 2.66. The molecule has 0 bridgehead atoms. The molecule has 3 nitrogen and oxygen atoms in total. The smallest absolute Gasteiger partial charge is 0.228 e. The van der Waals surface area contributed by atoms with Crippen LogP contribution in [0.15, 0.2) is 12.1 Å². The van der Waals surface area contributed by atoms with Crippen molar-refractivity contribution in [1.29, 1.82) is 0 Å². The van der Waals surface area contributed by atoms with E-state index in [9.17, 15) is 4.79 Å². The Balaban J connectivity index is 2.20. The Kier molecular flexibility index (Phi) is 2.92. The van der Waals surface area contributed by atoms with E-state index in [1.54, 1.807) is 0 Å². The fraction of sp³-hybridized carbons (Fsp3) is 0.562. The van der Waals surface area contributed by atoms with Crippen LogP contribution in [-0.4, -0.2) is 5.91 Å². The highest BCUT2D eigenvalue weighted by Crippen LogP contribution is 2.68. The first-order valence-electron chi connectivity index (χ1n) is 6.76. The van der Waals surface area contributed by atoms with Gasteiger partial charge in [-0.15, -0.1) is 0 Å².